The van der Waals surface area contributed by atoms with E-state index in [1.165, 1.54) is 0 Å². The molecule has 1 aromatic carbocycles. The first-order valence-corrected chi connectivity index (χ1v) is 12.9. The summed E-state index contributed by atoms with van der Waals surface area (Å²) >= 11 is 12.6. The number of hydrogen-bond acceptors (Lipinski definition) is 5. The van der Waals surface area contributed by atoms with E-state index in [1.54, 1.807) is 31.4 Å². The Morgan fingerprint density at radius 3 is 2.49 bits per heavy atom. The molecule has 0 aliphatic carbocycles. The largest absolute Gasteiger partial charge is 0.486 e. The molecule has 0 saturated carbocycles. The van der Waals surface area contributed by atoms with Crippen molar-refractivity contribution in [1.82, 2.24) is 30.0 Å². The molecule has 4 aromatic rings. The van der Waals surface area contributed by atoms with Crippen molar-refractivity contribution in [1.29, 1.82) is 0 Å². The third-order valence-electron chi connectivity index (χ3n) is 6.77. The Bertz CT molecular complexity index is 1390. The number of rotatable bonds is 5. The second-order valence-electron chi connectivity index (χ2n) is 9.47. The van der Waals surface area contributed by atoms with Gasteiger partial charge in [-0.2, -0.15) is 5.10 Å². The van der Waals surface area contributed by atoms with Crippen molar-refractivity contribution in [2.24, 2.45) is 0 Å². The van der Waals surface area contributed by atoms with Gasteiger partial charge in [-0.1, -0.05) is 23.2 Å². The molecule has 1 saturated heterocycles. The number of carbonyl (C=O) groups excluding carboxylic acids is 1. The molecule has 4 heterocycles. The Labute approximate surface area is 225 Å². The van der Waals surface area contributed by atoms with Crippen LogP contribution in [0.3, 0.4) is 0 Å². The van der Waals surface area contributed by atoms with Crippen LogP contribution in [0.5, 0.6) is 5.75 Å². The van der Waals surface area contributed by atoms with Crippen molar-refractivity contribution in [2.75, 3.05) is 27.2 Å². The third kappa shape index (κ3) is 5.22. The van der Waals surface area contributed by atoms with Crippen molar-refractivity contribution in [2.45, 2.75) is 31.8 Å². The summed E-state index contributed by atoms with van der Waals surface area (Å²) in [5.41, 5.74) is 4.36. The number of aromatic nitrogens is 4. The minimum absolute atomic E-state index is 0.0666. The van der Waals surface area contributed by atoms with Crippen LogP contribution in [0.15, 0.2) is 48.9 Å². The number of nitrogens with zero attached hydrogens (tertiary/aromatic N) is 5. The van der Waals surface area contributed by atoms with Gasteiger partial charge < -0.3 is 14.5 Å². The summed E-state index contributed by atoms with van der Waals surface area (Å²) < 4.78 is 6.18. The van der Waals surface area contributed by atoms with Crippen LogP contribution in [0.2, 0.25) is 10.0 Å². The van der Waals surface area contributed by atoms with Gasteiger partial charge in [0.15, 0.2) is 0 Å². The number of halogens is 2. The van der Waals surface area contributed by atoms with E-state index in [0.717, 1.165) is 53.8 Å². The van der Waals surface area contributed by atoms with Gasteiger partial charge in [-0.05, 0) is 50.1 Å². The quantitative estimate of drug-likeness (QED) is 0.320. The number of carbonyl (C=O) groups is 1. The number of benzene rings is 1. The lowest BCUT2D eigenvalue weighted by atomic mass is 9.93. The highest BCUT2D eigenvalue weighted by Gasteiger charge is 2.25. The van der Waals surface area contributed by atoms with Crippen LogP contribution < -0.4 is 4.74 Å². The van der Waals surface area contributed by atoms with E-state index in [4.69, 9.17) is 32.9 Å². The molecule has 8 nitrogen and oxygen atoms in total. The number of pyridine rings is 2. The number of nitrogens with one attached hydrogen (secondary N) is 1. The minimum Gasteiger partial charge on any atom is -0.486 e. The standard InChI is InChI=1S/C27H28Cl2N6O2/c1-16(25-21(28)14-30-15-22(25)29)37-19-5-7-24-20(12-19)26(33-32-24)18-4-6-23(31-13-18)17-8-10-35(11-9-17)27(36)34(2)3/h4-7,12-17H,8-11H2,1-3H3,(H,32,33). The predicted molar refractivity (Wildman–Crippen MR) is 145 cm³/mol. The molecule has 1 atom stereocenters. The van der Waals surface area contributed by atoms with Crippen molar-refractivity contribution in [3.63, 3.8) is 0 Å². The number of amides is 2. The Kier molecular flexibility index (Phi) is 7.22. The molecule has 0 bridgehead atoms. The predicted octanol–water partition coefficient (Wildman–Crippen LogP) is 6.33. The van der Waals surface area contributed by atoms with Gasteiger partial charge in [0.1, 0.15) is 17.5 Å². The van der Waals surface area contributed by atoms with Crippen LogP contribution in [0.4, 0.5) is 4.79 Å². The van der Waals surface area contributed by atoms with E-state index >= 15 is 0 Å². The summed E-state index contributed by atoms with van der Waals surface area (Å²) in [6.45, 7) is 3.38. The van der Waals surface area contributed by atoms with E-state index in [9.17, 15) is 4.79 Å². The fourth-order valence-electron chi connectivity index (χ4n) is 4.80. The summed E-state index contributed by atoms with van der Waals surface area (Å²) in [6.07, 6.45) is 6.43. The summed E-state index contributed by atoms with van der Waals surface area (Å²) in [6, 6.07) is 9.98. The summed E-state index contributed by atoms with van der Waals surface area (Å²) in [5, 5.41) is 9.50. The molecule has 1 N–H and O–H groups in total. The maximum atomic E-state index is 12.2. The zero-order chi connectivity index (χ0) is 26.1. The van der Waals surface area contributed by atoms with Crippen LogP contribution in [0, 0.1) is 0 Å². The number of likely N-dealkylation sites (tertiary alicyclic amines) is 1. The second kappa shape index (κ2) is 10.6. The van der Waals surface area contributed by atoms with Gasteiger partial charge in [-0.3, -0.25) is 15.1 Å². The van der Waals surface area contributed by atoms with Gasteiger partial charge in [-0.15, -0.1) is 0 Å². The Morgan fingerprint density at radius 1 is 1.11 bits per heavy atom. The monoisotopic (exact) mass is 538 g/mol. The Morgan fingerprint density at radius 2 is 1.84 bits per heavy atom. The highest BCUT2D eigenvalue weighted by atomic mass is 35.5. The summed E-state index contributed by atoms with van der Waals surface area (Å²) in [7, 11) is 3.57. The number of urea groups is 1. The van der Waals surface area contributed by atoms with Gasteiger partial charge in [0.25, 0.3) is 0 Å². The molecule has 2 amide bonds. The first-order chi connectivity index (χ1) is 17.8. The maximum Gasteiger partial charge on any atom is 0.319 e. The van der Waals surface area contributed by atoms with Crippen LogP contribution in [0.1, 0.15) is 43.0 Å². The lowest BCUT2D eigenvalue weighted by molar-refractivity contribution is 0.156. The first kappa shape index (κ1) is 25.3. The first-order valence-electron chi connectivity index (χ1n) is 12.2. The number of fused-ring (bicyclic) bond motifs is 1. The van der Waals surface area contributed by atoms with Crippen molar-refractivity contribution in [3.8, 4) is 17.0 Å². The molecule has 37 heavy (non-hydrogen) atoms. The summed E-state index contributed by atoms with van der Waals surface area (Å²) in [4.78, 5) is 24.5. The summed E-state index contributed by atoms with van der Waals surface area (Å²) in [5.74, 6) is 1.01. The van der Waals surface area contributed by atoms with E-state index in [-0.39, 0.29) is 12.1 Å². The molecule has 1 aliphatic rings. The fraction of sp³-hybridized carbons (Fsp3) is 0.333. The van der Waals surface area contributed by atoms with Crippen molar-refractivity contribution in [3.05, 3.63) is 70.2 Å². The molecular formula is C27H28Cl2N6O2. The topological polar surface area (TPSA) is 87.2 Å². The zero-order valence-electron chi connectivity index (χ0n) is 20.9. The van der Waals surface area contributed by atoms with E-state index in [1.807, 2.05) is 36.2 Å². The van der Waals surface area contributed by atoms with Crippen LogP contribution >= 0.6 is 23.2 Å². The minimum atomic E-state index is -0.365. The number of hydrogen-bond donors (Lipinski definition) is 1. The SMILES string of the molecule is CC(Oc1ccc2[nH]nc(-c3ccc(C4CCN(C(=O)N(C)C)CC4)nc3)c2c1)c1c(Cl)cncc1Cl. The fourth-order valence-corrected chi connectivity index (χ4v) is 5.47. The van der Waals surface area contributed by atoms with Crippen LogP contribution in [-0.2, 0) is 0 Å². The number of H-pyrrole nitrogens is 1. The average Bonchev–Trinajstić information content (AvgIpc) is 3.31. The zero-order valence-corrected chi connectivity index (χ0v) is 22.4. The van der Waals surface area contributed by atoms with Crippen LogP contribution in [0.25, 0.3) is 22.2 Å². The highest BCUT2D eigenvalue weighted by Crippen LogP contribution is 2.35. The molecular weight excluding hydrogens is 511 g/mol. The molecule has 1 fully saturated rings. The van der Waals surface area contributed by atoms with E-state index in [2.05, 4.69) is 27.3 Å². The lowest BCUT2D eigenvalue weighted by Gasteiger charge is -2.33. The van der Waals surface area contributed by atoms with Gasteiger partial charge in [0.05, 0.1) is 15.6 Å². The smallest absolute Gasteiger partial charge is 0.319 e. The van der Waals surface area contributed by atoms with Crippen molar-refractivity contribution < 1.29 is 9.53 Å². The Balaban J connectivity index is 1.32. The molecule has 10 heteroatoms. The average molecular weight is 539 g/mol. The van der Waals surface area contributed by atoms with Crippen LogP contribution in [-0.4, -0.2) is 63.2 Å². The number of piperidine rings is 1. The highest BCUT2D eigenvalue weighted by molar-refractivity contribution is 6.35. The molecule has 192 valence electrons. The molecule has 0 radical (unpaired) electrons. The van der Waals surface area contributed by atoms with Crippen molar-refractivity contribution >= 4 is 40.1 Å². The molecule has 3 aromatic heterocycles. The maximum absolute atomic E-state index is 12.2. The van der Waals surface area contributed by atoms with Gasteiger partial charge in [0.2, 0.25) is 0 Å². The van der Waals surface area contributed by atoms with Gasteiger partial charge >= 0.3 is 6.03 Å². The second-order valence-corrected chi connectivity index (χ2v) is 10.3. The number of ether oxygens (including phenoxy) is 1. The molecule has 0 spiro atoms. The molecule has 1 aliphatic heterocycles. The molecule has 1 unspecified atom stereocenters. The van der Waals surface area contributed by atoms with E-state index < -0.39 is 0 Å². The lowest BCUT2D eigenvalue weighted by Crippen LogP contribution is -2.43. The normalized spacial score (nSPS) is 15.1. The third-order valence-corrected chi connectivity index (χ3v) is 7.37. The molecule has 5 rings (SSSR count). The van der Waals surface area contributed by atoms with Gasteiger partial charge in [-0.25, -0.2) is 4.79 Å². The number of aromatic amines is 1. The Hall–Kier alpha value is -3.36. The van der Waals surface area contributed by atoms with Gasteiger partial charge in [0, 0.05) is 73.9 Å². The van der Waals surface area contributed by atoms with E-state index in [0.29, 0.717) is 27.3 Å².